The van der Waals surface area contributed by atoms with Crippen molar-refractivity contribution < 1.29 is 17.2 Å². The molecule has 84 valence electrons. The molecule has 0 aliphatic rings. The zero-order chi connectivity index (χ0) is 11.1. The summed E-state index contributed by atoms with van der Waals surface area (Å²) < 4.78 is 32.8. The number of hydrogen-bond donors (Lipinski definition) is 1. The lowest BCUT2D eigenvalue weighted by Gasteiger charge is -2.00. The fourth-order valence-corrected chi connectivity index (χ4v) is 1.47. The van der Waals surface area contributed by atoms with Crippen molar-refractivity contribution in [3.63, 3.8) is 0 Å². The van der Waals surface area contributed by atoms with Gasteiger partial charge in [-0.25, -0.2) is 4.18 Å². The first-order valence-electron chi connectivity index (χ1n) is 4.59. The normalized spacial score (nSPS) is 11.5. The molecule has 1 aromatic heterocycles. The van der Waals surface area contributed by atoms with Gasteiger partial charge in [-0.2, -0.15) is 8.42 Å². The zero-order valence-electron chi connectivity index (χ0n) is 8.17. The van der Waals surface area contributed by atoms with Gasteiger partial charge in [0.15, 0.2) is 0 Å². The molecule has 0 amide bonds. The Kier molecular flexibility index (Phi) is 4.67. The highest BCUT2D eigenvalue weighted by molar-refractivity contribution is 7.80. The summed E-state index contributed by atoms with van der Waals surface area (Å²) in [6.45, 7) is 0.0178. The van der Waals surface area contributed by atoms with Crippen LogP contribution in [0.2, 0.25) is 0 Å². The van der Waals surface area contributed by atoms with E-state index in [9.17, 15) is 8.42 Å². The second-order valence-corrected chi connectivity index (χ2v) is 4.15. The van der Waals surface area contributed by atoms with E-state index >= 15 is 0 Å². The molecule has 0 fully saturated rings. The van der Waals surface area contributed by atoms with Crippen LogP contribution in [0, 0.1) is 0 Å². The van der Waals surface area contributed by atoms with Gasteiger partial charge in [0.05, 0.1) is 6.61 Å². The van der Waals surface area contributed by atoms with Crippen LogP contribution in [0.25, 0.3) is 0 Å². The summed E-state index contributed by atoms with van der Waals surface area (Å²) in [4.78, 5) is 3.89. The molecule has 1 rings (SSSR count). The van der Waals surface area contributed by atoms with Gasteiger partial charge in [0.25, 0.3) is 0 Å². The number of unbranched alkanes of at least 4 members (excludes halogenated alkanes) is 1. The van der Waals surface area contributed by atoms with E-state index in [1.54, 1.807) is 12.4 Å². The number of pyridine rings is 1. The Morgan fingerprint density at radius 3 is 2.53 bits per heavy atom. The van der Waals surface area contributed by atoms with Gasteiger partial charge >= 0.3 is 10.4 Å². The molecule has 0 saturated heterocycles. The van der Waals surface area contributed by atoms with E-state index in [1.807, 2.05) is 12.1 Å². The van der Waals surface area contributed by atoms with Crippen LogP contribution in [-0.4, -0.2) is 24.6 Å². The van der Waals surface area contributed by atoms with Crippen molar-refractivity contribution in [1.82, 2.24) is 4.98 Å². The smallest absolute Gasteiger partial charge is 0.265 e. The minimum absolute atomic E-state index is 0.0178. The van der Waals surface area contributed by atoms with Crippen molar-refractivity contribution in [2.45, 2.75) is 19.3 Å². The van der Waals surface area contributed by atoms with E-state index in [4.69, 9.17) is 4.55 Å². The Morgan fingerprint density at radius 1 is 1.27 bits per heavy atom. The molecule has 0 saturated carbocycles. The Morgan fingerprint density at radius 2 is 1.93 bits per heavy atom. The summed E-state index contributed by atoms with van der Waals surface area (Å²) in [5.74, 6) is 0. The molecule has 0 radical (unpaired) electrons. The molecular formula is C9H13NO4S. The average molecular weight is 231 g/mol. The monoisotopic (exact) mass is 231 g/mol. The molecule has 1 heterocycles. The molecule has 0 aliphatic heterocycles. The molecular weight excluding hydrogens is 218 g/mol. The number of rotatable bonds is 6. The molecule has 0 spiro atoms. The largest absolute Gasteiger partial charge is 0.397 e. The van der Waals surface area contributed by atoms with Crippen molar-refractivity contribution in [3.8, 4) is 0 Å². The van der Waals surface area contributed by atoms with Crippen molar-refractivity contribution >= 4 is 10.4 Å². The topological polar surface area (TPSA) is 76.5 Å². The number of nitrogens with zero attached hydrogens (tertiary/aromatic N) is 1. The third-order valence-corrected chi connectivity index (χ3v) is 2.31. The summed E-state index contributed by atoms with van der Waals surface area (Å²) in [6.07, 6.45) is 5.66. The lowest BCUT2D eigenvalue weighted by atomic mass is 10.1. The second kappa shape index (κ2) is 5.79. The molecule has 0 unspecified atom stereocenters. The molecule has 5 nitrogen and oxygen atoms in total. The Labute approximate surface area is 89.1 Å². The van der Waals surface area contributed by atoms with E-state index in [0.29, 0.717) is 6.42 Å². The highest BCUT2D eigenvalue weighted by Gasteiger charge is 2.02. The summed E-state index contributed by atoms with van der Waals surface area (Å²) in [5.41, 5.74) is 1.15. The average Bonchev–Trinajstić information content (AvgIpc) is 2.17. The minimum Gasteiger partial charge on any atom is -0.265 e. The number of aryl methyl sites for hydroxylation is 1. The van der Waals surface area contributed by atoms with Crippen LogP contribution in [-0.2, 0) is 21.0 Å². The summed E-state index contributed by atoms with van der Waals surface area (Å²) in [7, 11) is -4.28. The Bertz CT molecular complexity index is 376. The maximum atomic E-state index is 10.2. The van der Waals surface area contributed by atoms with Gasteiger partial charge in [-0.15, -0.1) is 0 Å². The first-order valence-corrected chi connectivity index (χ1v) is 5.95. The molecule has 0 aromatic carbocycles. The third kappa shape index (κ3) is 6.16. The summed E-state index contributed by atoms with van der Waals surface area (Å²) in [6, 6.07) is 3.81. The molecule has 6 heteroatoms. The first-order chi connectivity index (χ1) is 7.08. The van der Waals surface area contributed by atoms with Crippen molar-refractivity contribution in [1.29, 1.82) is 0 Å². The number of aromatic nitrogens is 1. The minimum atomic E-state index is -4.28. The summed E-state index contributed by atoms with van der Waals surface area (Å²) in [5, 5.41) is 0. The van der Waals surface area contributed by atoms with Gasteiger partial charge in [0, 0.05) is 12.4 Å². The van der Waals surface area contributed by atoms with E-state index in [-0.39, 0.29) is 6.61 Å². The van der Waals surface area contributed by atoms with Gasteiger partial charge in [0.2, 0.25) is 0 Å². The maximum absolute atomic E-state index is 10.2. The van der Waals surface area contributed by atoms with Crippen LogP contribution in [0.1, 0.15) is 18.4 Å². The molecule has 1 N–H and O–H groups in total. The molecule has 0 aliphatic carbocycles. The van der Waals surface area contributed by atoms with Crippen LogP contribution < -0.4 is 0 Å². The SMILES string of the molecule is O=S(=O)(O)OCCCCc1ccncc1. The molecule has 0 atom stereocenters. The van der Waals surface area contributed by atoms with E-state index in [2.05, 4.69) is 9.17 Å². The quantitative estimate of drug-likeness (QED) is 0.588. The fraction of sp³-hybridized carbons (Fsp3) is 0.444. The van der Waals surface area contributed by atoms with Gasteiger partial charge in [-0.1, -0.05) is 0 Å². The predicted molar refractivity (Wildman–Crippen MR) is 54.7 cm³/mol. The lowest BCUT2D eigenvalue weighted by Crippen LogP contribution is -2.05. The molecule has 0 bridgehead atoms. The van der Waals surface area contributed by atoms with Crippen LogP contribution in [0.15, 0.2) is 24.5 Å². The fourth-order valence-electron chi connectivity index (χ4n) is 1.14. The standard InChI is InChI=1S/C9H13NO4S/c11-15(12,13)14-8-2-1-3-9-4-6-10-7-5-9/h4-7H,1-3,8H2,(H,11,12,13). The predicted octanol–water partition coefficient (Wildman–Crippen LogP) is 1.22. The third-order valence-electron chi connectivity index (χ3n) is 1.84. The van der Waals surface area contributed by atoms with Crippen molar-refractivity contribution in [3.05, 3.63) is 30.1 Å². The van der Waals surface area contributed by atoms with Crippen LogP contribution in [0.5, 0.6) is 0 Å². The lowest BCUT2D eigenvalue weighted by molar-refractivity contribution is 0.263. The highest BCUT2D eigenvalue weighted by Crippen LogP contribution is 2.03. The Balaban J connectivity index is 2.13. The second-order valence-electron chi connectivity index (χ2n) is 3.06. The van der Waals surface area contributed by atoms with E-state index < -0.39 is 10.4 Å². The van der Waals surface area contributed by atoms with Gasteiger partial charge in [0.1, 0.15) is 0 Å². The first kappa shape index (κ1) is 12.1. The summed E-state index contributed by atoms with van der Waals surface area (Å²) >= 11 is 0. The van der Waals surface area contributed by atoms with Crippen LogP contribution in [0.3, 0.4) is 0 Å². The maximum Gasteiger partial charge on any atom is 0.397 e. The highest BCUT2D eigenvalue weighted by atomic mass is 32.3. The van der Waals surface area contributed by atoms with Crippen LogP contribution in [0.4, 0.5) is 0 Å². The Hall–Kier alpha value is -0.980. The van der Waals surface area contributed by atoms with E-state index in [0.717, 1.165) is 18.4 Å². The van der Waals surface area contributed by atoms with Crippen molar-refractivity contribution in [2.24, 2.45) is 0 Å². The van der Waals surface area contributed by atoms with Gasteiger partial charge in [-0.3, -0.25) is 9.54 Å². The van der Waals surface area contributed by atoms with Crippen LogP contribution >= 0.6 is 0 Å². The molecule has 15 heavy (non-hydrogen) atoms. The zero-order valence-corrected chi connectivity index (χ0v) is 8.98. The molecule has 1 aromatic rings. The van der Waals surface area contributed by atoms with Gasteiger partial charge in [-0.05, 0) is 37.0 Å². The van der Waals surface area contributed by atoms with Crippen molar-refractivity contribution in [2.75, 3.05) is 6.61 Å². The number of hydrogen-bond acceptors (Lipinski definition) is 4. The van der Waals surface area contributed by atoms with E-state index in [1.165, 1.54) is 0 Å². The van der Waals surface area contributed by atoms with Gasteiger partial charge < -0.3 is 0 Å².